The lowest BCUT2D eigenvalue weighted by atomic mass is 9.99. The van der Waals surface area contributed by atoms with Crippen LogP contribution in [0.5, 0.6) is 0 Å². The summed E-state index contributed by atoms with van der Waals surface area (Å²) in [4.78, 5) is 31.0. The molecule has 0 amide bonds. The molecule has 0 saturated heterocycles. The quantitative estimate of drug-likeness (QED) is 0.461. The SMILES string of the molecule is CC(=N)[P+](O)(O)CC(CCc1ccc2ccccc2c1)C(=O)O. The van der Waals surface area contributed by atoms with Crippen molar-refractivity contribution < 1.29 is 19.7 Å². The third-order valence-corrected chi connectivity index (χ3v) is 5.98. The summed E-state index contributed by atoms with van der Waals surface area (Å²) in [7, 11) is -3.58. The van der Waals surface area contributed by atoms with Crippen molar-refractivity contribution in [2.24, 2.45) is 5.92 Å². The predicted octanol–water partition coefficient (Wildman–Crippen LogP) is 3.30. The molecule has 0 spiro atoms. The van der Waals surface area contributed by atoms with E-state index >= 15 is 0 Å². The molecule has 0 aliphatic carbocycles. The molecule has 0 aromatic heterocycles. The van der Waals surface area contributed by atoms with Crippen LogP contribution in [0.3, 0.4) is 0 Å². The van der Waals surface area contributed by atoms with E-state index in [4.69, 9.17) is 5.41 Å². The Hall–Kier alpha value is -1.81. The van der Waals surface area contributed by atoms with Crippen LogP contribution < -0.4 is 0 Å². The normalized spacial score (nSPS) is 13.0. The second-order valence-electron chi connectivity index (χ2n) is 5.75. The number of hydrogen-bond donors (Lipinski definition) is 4. The van der Waals surface area contributed by atoms with Crippen LogP contribution in [0.4, 0.5) is 0 Å². The zero-order valence-electron chi connectivity index (χ0n) is 12.9. The maximum Gasteiger partial charge on any atom is 0.314 e. The molecule has 4 N–H and O–H groups in total. The maximum atomic E-state index is 11.4. The lowest BCUT2D eigenvalue weighted by Crippen LogP contribution is -2.22. The first-order valence-corrected chi connectivity index (χ1v) is 9.27. The third kappa shape index (κ3) is 4.58. The second kappa shape index (κ2) is 7.18. The van der Waals surface area contributed by atoms with E-state index in [1.54, 1.807) is 0 Å². The summed E-state index contributed by atoms with van der Waals surface area (Å²) in [5, 5.41) is 18.9. The molecule has 5 nitrogen and oxygen atoms in total. The van der Waals surface area contributed by atoms with Gasteiger partial charge in [-0.2, -0.15) is 0 Å². The highest BCUT2D eigenvalue weighted by atomic mass is 31.2. The Bertz CT molecular complexity index is 729. The van der Waals surface area contributed by atoms with E-state index in [0.717, 1.165) is 16.3 Å². The van der Waals surface area contributed by atoms with Crippen LogP contribution in [0.15, 0.2) is 42.5 Å². The molecule has 0 bridgehead atoms. The van der Waals surface area contributed by atoms with E-state index in [0.29, 0.717) is 12.8 Å². The summed E-state index contributed by atoms with van der Waals surface area (Å²) in [5.41, 5.74) is 0.774. The van der Waals surface area contributed by atoms with Crippen molar-refractivity contribution in [3.05, 3.63) is 48.0 Å². The number of carbonyl (C=O) groups is 1. The largest absolute Gasteiger partial charge is 0.481 e. The van der Waals surface area contributed by atoms with Crippen molar-refractivity contribution in [2.45, 2.75) is 19.8 Å². The summed E-state index contributed by atoms with van der Waals surface area (Å²) >= 11 is 0. The van der Waals surface area contributed by atoms with Gasteiger partial charge in [-0.1, -0.05) is 42.5 Å². The van der Waals surface area contributed by atoms with Gasteiger partial charge in [-0.3, -0.25) is 10.2 Å². The fourth-order valence-corrected chi connectivity index (χ4v) is 3.70. The first-order chi connectivity index (χ1) is 10.8. The molecule has 23 heavy (non-hydrogen) atoms. The number of carboxylic acid groups (broad SMARTS) is 1. The van der Waals surface area contributed by atoms with E-state index < -0.39 is 19.6 Å². The highest BCUT2D eigenvalue weighted by Gasteiger charge is 2.42. The molecule has 122 valence electrons. The summed E-state index contributed by atoms with van der Waals surface area (Å²) < 4.78 is 0. The standard InChI is InChI=1S/C17H20NO4P/c1-12(18)23(21,22)11-16(17(19)20)9-7-13-6-8-14-4-2-3-5-15(14)10-13/h2-6,8,10,16,18,21-22H,7,9,11H2,1H3/p+1. The summed E-state index contributed by atoms with van der Waals surface area (Å²) in [6.45, 7) is 1.30. The van der Waals surface area contributed by atoms with Gasteiger partial charge in [0.2, 0.25) is 5.45 Å². The van der Waals surface area contributed by atoms with Crippen LogP contribution in [0.25, 0.3) is 10.8 Å². The zero-order valence-corrected chi connectivity index (χ0v) is 13.8. The Morgan fingerprint density at radius 2 is 1.83 bits per heavy atom. The van der Waals surface area contributed by atoms with Crippen molar-refractivity contribution in [1.82, 2.24) is 0 Å². The van der Waals surface area contributed by atoms with Crippen LogP contribution >= 0.6 is 7.72 Å². The molecule has 0 fully saturated rings. The summed E-state index contributed by atoms with van der Waals surface area (Å²) in [6.07, 6.45) is 0.577. The number of aryl methyl sites for hydroxylation is 1. The molecular weight excluding hydrogens is 313 g/mol. The number of aliphatic carboxylic acids is 1. The molecule has 1 unspecified atom stereocenters. The third-order valence-electron chi connectivity index (χ3n) is 3.96. The number of nitrogens with one attached hydrogen (secondary N) is 1. The van der Waals surface area contributed by atoms with Gasteiger partial charge in [-0.15, -0.1) is 0 Å². The van der Waals surface area contributed by atoms with Gasteiger partial charge in [0.1, 0.15) is 6.16 Å². The number of carboxylic acids is 1. The van der Waals surface area contributed by atoms with E-state index in [9.17, 15) is 19.7 Å². The Kier molecular flexibility index (Phi) is 5.47. The first kappa shape index (κ1) is 17.5. The monoisotopic (exact) mass is 334 g/mol. The highest BCUT2D eigenvalue weighted by Crippen LogP contribution is 2.52. The molecule has 0 saturated carbocycles. The second-order valence-corrected chi connectivity index (χ2v) is 8.25. The van der Waals surface area contributed by atoms with Gasteiger partial charge in [-0.25, -0.2) is 9.79 Å². The summed E-state index contributed by atoms with van der Waals surface area (Å²) in [5.74, 6) is -1.93. The predicted molar refractivity (Wildman–Crippen MR) is 93.0 cm³/mol. The topological polar surface area (TPSA) is 102 Å². The molecule has 0 radical (unpaired) electrons. The minimum atomic E-state index is -3.58. The van der Waals surface area contributed by atoms with Crippen molar-refractivity contribution in [3.63, 3.8) is 0 Å². The Morgan fingerprint density at radius 1 is 1.17 bits per heavy atom. The number of hydrogen-bond acceptors (Lipinski definition) is 4. The fraction of sp³-hybridized carbons (Fsp3) is 0.294. The number of fused-ring (bicyclic) bond motifs is 1. The van der Waals surface area contributed by atoms with Gasteiger partial charge in [0.15, 0.2) is 0 Å². The van der Waals surface area contributed by atoms with Gasteiger partial charge in [0.05, 0.1) is 5.92 Å². The lowest BCUT2D eigenvalue weighted by molar-refractivity contribution is -0.141. The van der Waals surface area contributed by atoms with Crippen LogP contribution in [-0.2, 0) is 11.2 Å². The van der Waals surface area contributed by atoms with E-state index in [2.05, 4.69) is 0 Å². The Labute approximate surface area is 135 Å². The summed E-state index contributed by atoms with van der Waals surface area (Å²) in [6, 6.07) is 13.9. The molecule has 0 aliphatic rings. The smallest absolute Gasteiger partial charge is 0.314 e. The van der Waals surface area contributed by atoms with Gasteiger partial charge < -0.3 is 5.11 Å². The van der Waals surface area contributed by atoms with Gasteiger partial charge in [-0.05, 0) is 29.2 Å². The van der Waals surface area contributed by atoms with Crippen LogP contribution in [0, 0.1) is 11.3 Å². The molecular formula is C17H21NO4P+. The number of rotatable bonds is 7. The minimum absolute atomic E-state index is 0.241. The van der Waals surface area contributed by atoms with Gasteiger partial charge >= 0.3 is 13.7 Å². The lowest BCUT2D eigenvalue weighted by Gasteiger charge is -2.16. The van der Waals surface area contributed by atoms with Crippen LogP contribution in [0.1, 0.15) is 18.9 Å². The average molecular weight is 334 g/mol. The van der Waals surface area contributed by atoms with Crippen molar-refractivity contribution in [2.75, 3.05) is 6.16 Å². The van der Waals surface area contributed by atoms with Gasteiger partial charge in [0.25, 0.3) is 0 Å². The average Bonchev–Trinajstić information content (AvgIpc) is 2.50. The molecule has 2 rings (SSSR count). The molecule has 1 atom stereocenters. The van der Waals surface area contributed by atoms with E-state index in [1.165, 1.54) is 6.92 Å². The van der Waals surface area contributed by atoms with Crippen molar-refractivity contribution in [1.29, 1.82) is 5.41 Å². The van der Waals surface area contributed by atoms with Crippen LogP contribution in [0.2, 0.25) is 0 Å². The molecule has 0 heterocycles. The van der Waals surface area contributed by atoms with Crippen molar-refractivity contribution in [3.8, 4) is 0 Å². The van der Waals surface area contributed by atoms with E-state index in [-0.39, 0.29) is 11.6 Å². The van der Waals surface area contributed by atoms with Gasteiger partial charge in [0, 0.05) is 6.92 Å². The Morgan fingerprint density at radius 3 is 2.43 bits per heavy atom. The minimum Gasteiger partial charge on any atom is -0.481 e. The molecule has 2 aromatic rings. The van der Waals surface area contributed by atoms with Crippen LogP contribution in [-0.4, -0.2) is 32.5 Å². The van der Waals surface area contributed by atoms with Crippen molar-refractivity contribution >= 4 is 29.9 Å². The Balaban J connectivity index is 2.08. The number of benzene rings is 2. The molecule has 2 aromatic carbocycles. The maximum absolute atomic E-state index is 11.4. The molecule has 0 aliphatic heterocycles. The fourth-order valence-electron chi connectivity index (χ4n) is 2.47. The molecule has 6 heteroatoms. The first-order valence-electron chi connectivity index (χ1n) is 7.39. The zero-order chi connectivity index (χ0) is 17.0. The van der Waals surface area contributed by atoms with E-state index in [1.807, 2.05) is 42.5 Å². The highest BCUT2D eigenvalue weighted by molar-refractivity contribution is 7.81.